The molecule has 0 fully saturated rings. The van der Waals surface area contributed by atoms with Gasteiger partial charge in [-0.2, -0.15) is 0 Å². The van der Waals surface area contributed by atoms with Crippen molar-refractivity contribution in [3.63, 3.8) is 0 Å². The summed E-state index contributed by atoms with van der Waals surface area (Å²) < 4.78 is 5.45. The number of aryl methyl sites for hydroxylation is 1. The van der Waals surface area contributed by atoms with Gasteiger partial charge in [-0.1, -0.05) is 36.8 Å². The van der Waals surface area contributed by atoms with E-state index >= 15 is 0 Å². The lowest BCUT2D eigenvalue weighted by atomic mass is 10.1. The van der Waals surface area contributed by atoms with Gasteiger partial charge in [0.05, 0.1) is 5.69 Å². The molecule has 7 heteroatoms. The number of hydrogen-bond acceptors (Lipinski definition) is 4. The van der Waals surface area contributed by atoms with Crippen molar-refractivity contribution in [3.05, 3.63) is 59.7 Å². The van der Waals surface area contributed by atoms with Crippen molar-refractivity contribution in [1.82, 2.24) is 5.32 Å². The fourth-order valence-corrected chi connectivity index (χ4v) is 2.95. The van der Waals surface area contributed by atoms with E-state index in [9.17, 15) is 14.4 Å². The fourth-order valence-electron chi connectivity index (χ4n) is 2.95. The van der Waals surface area contributed by atoms with E-state index in [0.29, 0.717) is 23.7 Å². The standard InChI is InChI=1S/C23H25N3O4/c1-3-12-24-22(28)14-26-19-13-18(9-10-20(19)30-15-23(26)29)25-21(27)11-8-17-6-4-16(2)5-7-17/h4-11,13H,3,12,14-15H2,1-2H3,(H,24,28)(H,25,27)/b11-8+. The maximum atomic E-state index is 12.3. The van der Waals surface area contributed by atoms with Gasteiger partial charge in [-0.3, -0.25) is 19.3 Å². The number of anilines is 2. The third-order valence-corrected chi connectivity index (χ3v) is 4.55. The molecule has 1 aliphatic heterocycles. The second-order valence-corrected chi connectivity index (χ2v) is 7.03. The van der Waals surface area contributed by atoms with E-state index in [1.807, 2.05) is 38.1 Å². The third kappa shape index (κ3) is 5.47. The first kappa shape index (κ1) is 21.1. The summed E-state index contributed by atoms with van der Waals surface area (Å²) >= 11 is 0. The Morgan fingerprint density at radius 1 is 1.17 bits per heavy atom. The lowest BCUT2D eigenvalue weighted by molar-refractivity contribution is -0.125. The van der Waals surface area contributed by atoms with Crippen LogP contribution in [0.15, 0.2) is 48.5 Å². The molecule has 3 amide bonds. The van der Waals surface area contributed by atoms with Crippen LogP contribution in [0.25, 0.3) is 6.08 Å². The molecular formula is C23H25N3O4. The van der Waals surface area contributed by atoms with E-state index in [0.717, 1.165) is 17.5 Å². The second-order valence-electron chi connectivity index (χ2n) is 7.03. The highest BCUT2D eigenvalue weighted by Crippen LogP contribution is 2.34. The van der Waals surface area contributed by atoms with E-state index in [-0.39, 0.29) is 30.9 Å². The molecule has 2 N–H and O–H groups in total. The zero-order chi connectivity index (χ0) is 21.5. The lowest BCUT2D eigenvalue weighted by Crippen LogP contribution is -2.45. The predicted molar refractivity (Wildman–Crippen MR) is 116 cm³/mol. The zero-order valence-corrected chi connectivity index (χ0v) is 17.1. The maximum Gasteiger partial charge on any atom is 0.265 e. The molecule has 0 saturated heterocycles. The summed E-state index contributed by atoms with van der Waals surface area (Å²) in [5, 5.41) is 5.54. The average molecular weight is 407 g/mol. The molecule has 1 heterocycles. The molecule has 1 aliphatic rings. The molecule has 0 aliphatic carbocycles. The van der Waals surface area contributed by atoms with Crippen LogP contribution in [0.1, 0.15) is 24.5 Å². The smallest absolute Gasteiger partial charge is 0.265 e. The number of fused-ring (bicyclic) bond motifs is 1. The fraction of sp³-hybridized carbons (Fsp3) is 0.261. The van der Waals surface area contributed by atoms with Crippen LogP contribution < -0.4 is 20.3 Å². The molecule has 0 spiro atoms. The quantitative estimate of drug-likeness (QED) is 0.691. The van der Waals surface area contributed by atoms with Crippen LogP contribution in [0, 0.1) is 6.92 Å². The predicted octanol–water partition coefficient (Wildman–Crippen LogP) is 2.90. The van der Waals surface area contributed by atoms with Gasteiger partial charge in [0, 0.05) is 18.3 Å². The second kappa shape index (κ2) is 9.73. The Morgan fingerprint density at radius 2 is 1.93 bits per heavy atom. The largest absolute Gasteiger partial charge is 0.482 e. The van der Waals surface area contributed by atoms with Gasteiger partial charge in [0.1, 0.15) is 12.3 Å². The summed E-state index contributed by atoms with van der Waals surface area (Å²) in [4.78, 5) is 38.1. The molecule has 3 rings (SSSR count). The first-order valence-electron chi connectivity index (χ1n) is 9.86. The van der Waals surface area contributed by atoms with Crippen molar-refractivity contribution in [2.45, 2.75) is 20.3 Å². The average Bonchev–Trinajstić information content (AvgIpc) is 2.74. The van der Waals surface area contributed by atoms with Crippen LogP contribution >= 0.6 is 0 Å². The molecule has 0 radical (unpaired) electrons. The molecule has 30 heavy (non-hydrogen) atoms. The molecule has 0 saturated carbocycles. The summed E-state index contributed by atoms with van der Waals surface area (Å²) in [6.07, 6.45) is 3.98. The van der Waals surface area contributed by atoms with E-state index in [1.54, 1.807) is 24.3 Å². The van der Waals surface area contributed by atoms with Gasteiger partial charge in [-0.05, 0) is 43.2 Å². The normalized spacial score (nSPS) is 13.0. The van der Waals surface area contributed by atoms with Gasteiger partial charge in [0.15, 0.2) is 6.61 Å². The number of carbonyl (C=O) groups is 3. The molecular weight excluding hydrogens is 382 g/mol. The van der Waals surface area contributed by atoms with Crippen molar-refractivity contribution in [2.75, 3.05) is 29.9 Å². The minimum Gasteiger partial charge on any atom is -0.482 e. The molecule has 0 aromatic heterocycles. The summed E-state index contributed by atoms with van der Waals surface area (Å²) in [7, 11) is 0. The van der Waals surface area contributed by atoms with Gasteiger partial charge < -0.3 is 15.4 Å². The highest BCUT2D eigenvalue weighted by molar-refractivity contribution is 6.05. The molecule has 2 aromatic rings. The Balaban J connectivity index is 1.71. The van der Waals surface area contributed by atoms with Crippen LogP contribution in [0.2, 0.25) is 0 Å². The number of nitrogens with zero attached hydrogens (tertiary/aromatic N) is 1. The van der Waals surface area contributed by atoms with E-state index < -0.39 is 0 Å². The molecule has 0 atom stereocenters. The number of ether oxygens (including phenoxy) is 1. The van der Waals surface area contributed by atoms with E-state index in [1.165, 1.54) is 11.0 Å². The molecule has 7 nitrogen and oxygen atoms in total. The van der Waals surface area contributed by atoms with Gasteiger partial charge in [0.2, 0.25) is 11.8 Å². The third-order valence-electron chi connectivity index (χ3n) is 4.55. The number of benzene rings is 2. The summed E-state index contributed by atoms with van der Waals surface area (Å²) in [6, 6.07) is 12.8. The lowest BCUT2D eigenvalue weighted by Gasteiger charge is -2.29. The van der Waals surface area contributed by atoms with E-state index in [2.05, 4.69) is 10.6 Å². The number of carbonyl (C=O) groups excluding carboxylic acids is 3. The van der Waals surface area contributed by atoms with Gasteiger partial charge in [0.25, 0.3) is 5.91 Å². The monoisotopic (exact) mass is 407 g/mol. The van der Waals surface area contributed by atoms with Crippen molar-refractivity contribution >= 4 is 35.2 Å². The van der Waals surface area contributed by atoms with Crippen LogP contribution in [0.3, 0.4) is 0 Å². The highest BCUT2D eigenvalue weighted by atomic mass is 16.5. The topological polar surface area (TPSA) is 87.7 Å². The van der Waals surface area contributed by atoms with Crippen LogP contribution in [0.5, 0.6) is 5.75 Å². The first-order valence-corrected chi connectivity index (χ1v) is 9.86. The Kier molecular flexibility index (Phi) is 6.85. The number of nitrogens with one attached hydrogen (secondary N) is 2. The number of hydrogen-bond donors (Lipinski definition) is 2. The Morgan fingerprint density at radius 3 is 2.67 bits per heavy atom. The molecule has 0 unspecified atom stereocenters. The van der Waals surface area contributed by atoms with Crippen molar-refractivity contribution in [3.8, 4) is 5.75 Å². The van der Waals surface area contributed by atoms with Gasteiger partial charge in [-0.25, -0.2) is 0 Å². The maximum absolute atomic E-state index is 12.3. The Bertz CT molecular complexity index is 967. The Hall–Kier alpha value is -3.61. The SMILES string of the molecule is CCCNC(=O)CN1C(=O)COc2ccc(NC(=O)/C=C/c3ccc(C)cc3)cc21. The van der Waals surface area contributed by atoms with Gasteiger partial charge in [-0.15, -0.1) is 0 Å². The van der Waals surface area contributed by atoms with E-state index in [4.69, 9.17) is 4.74 Å². The summed E-state index contributed by atoms with van der Waals surface area (Å²) in [5.41, 5.74) is 3.03. The van der Waals surface area contributed by atoms with Crippen LogP contribution in [-0.4, -0.2) is 37.4 Å². The highest BCUT2D eigenvalue weighted by Gasteiger charge is 2.27. The first-order chi connectivity index (χ1) is 14.5. The minimum atomic E-state index is -0.308. The van der Waals surface area contributed by atoms with Crippen LogP contribution in [0.4, 0.5) is 11.4 Å². The number of rotatable bonds is 7. The molecule has 2 aromatic carbocycles. The molecule has 0 bridgehead atoms. The summed E-state index contributed by atoms with van der Waals surface area (Å²) in [6.45, 7) is 4.28. The van der Waals surface area contributed by atoms with Crippen molar-refractivity contribution < 1.29 is 19.1 Å². The molecule has 156 valence electrons. The Labute approximate surface area is 175 Å². The van der Waals surface area contributed by atoms with Crippen molar-refractivity contribution in [1.29, 1.82) is 0 Å². The van der Waals surface area contributed by atoms with Crippen molar-refractivity contribution in [2.24, 2.45) is 0 Å². The summed E-state index contributed by atoms with van der Waals surface area (Å²) in [5.74, 6) is -0.359. The zero-order valence-electron chi connectivity index (χ0n) is 17.1. The number of amides is 3. The van der Waals surface area contributed by atoms with Gasteiger partial charge >= 0.3 is 0 Å². The minimum absolute atomic E-state index is 0.0973. The van der Waals surface area contributed by atoms with Crippen LogP contribution in [-0.2, 0) is 14.4 Å².